The third-order valence-corrected chi connectivity index (χ3v) is 11.7. The van der Waals surface area contributed by atoms with E-state index in [1.54, 1.807) is 35.3 Å². The summed E-state index contributed by atoms with van der Waals surface area (Å²) >= 11 is 3.35. The monoisotopic (exact) mass is 646 g/mol. The molecule has 0 amide bonds. The van der Waals surface area contributed by atoms with Gasteiger partial charge in [-0.25, -0.2) is 29.9 Å². The van der Waals surface area contributed by atoms with Gasteiger partial charge in [0.2, 0.25) is 0 Å². The van der Waals surface area contributed by atoms with Crippen molar-refractivity contribution in [2.45, 2.75) is 76.0 Å². The van der Waals surface area contributed by atoms with Gasteiger partial charge in [0.05, 0.1) is 43.3 Å². The predicted molar refractivity (Wildman–Crippen MR) is 180 cm³/mol. The van der Waals surface area contributed by atoms with Gasteiger partial charge in [0.1, 0.15) is 23.9 Å². The number of nitrogens with zero attached hydrogens (tertiary/aromatic N) is 8. The van der Waals surface area contributed by atoms with Crippen molar-refractivity contribution >= 4 is 44.7 Å². The van der Waals surface area contributed by atoms with Gasteiger partial charge in [-0.2, -0.15) is 10.5 Å². The average Bonchev–Trinajstić information content (AvgIpc) is 3.94. The van der Waals surface area contributed by atoms with Crippen LogP contribution in [0.3, 0.4) is 0 Å². The van der Waals surface area contributed by atoms with E-state index in [0.717, 1.165) is 53.2 Å². The van der Waals surface area contributed by atoms with E-state index in [1.807, 2.05) is 36.9 Å². The molecule has 2 atom stereocenters. The summed E-state index contributed by atoms with van der Waals surface area (Å²) in [4.78, 5) is 35.0. The number of fused-ring (bicyclic) bond motifs is 2. The second kappa shape index (κ2) is 13.9. The lowest BCUT2D eigenvalue weighted by molar-refractivity contribution is 0.438. The van der Waals surface area contributed by atoms with Gasteiger partial charge in [-0.3, -0.25) is 0 Å². The molecule has 46 heavy (non-hydrogen) atoms. The van der Waals surface area contributed by atoms with Gasteiger partial charge in [-0.1, -0.05) is 25.7 Å². The van der Waals surface area contributed by atoms with Gasteiger partial charge in [-0.05, 0) is 49.7 Å². The summed E-state index contributed by atoms with van der Waals surface area (Å²) in [5.74, 6) is 1.74. The van der Waals surface area contributed by atoms with Crippen molar-refractivity contribution in [3.05, 3.63) is 59.6 Å². The number of nitrogens with one attached hydrogen (secondary N) is 2. The van der Waals surface area contributed by atoms with Gasteiger partial charge in [-0.15, -0.1) is 22.7 Å². The molecule has 1 unspecified atom stereocenters. The van der Waals surface area contributed by atoms with Crippen LogP contribution in [0, 0.1) is 34.5 Å². The van der Waals surface area contributed by atoms with Crippen LogP contribution < -0.4 is 0 Å². The molecule has 232 valence electrons. The fraction of sp³-hybridized carbons (Fsp3) is 0.412. The number of rotatable bonds is 8. The number of aromatic amines is 2. The Labute approximate surface area is 275 Å². The first-order valence-electron chi connectivity index (χ1n) is 16.0. The second-order valence-electron chi connectivity index (χ2n) is 12.1. The number of hydrogen-bond acceptors (Lipinski definition) is 10. The minimum atomic E-state index is 0.268. The molecule has 2 fully saturated rings. The smallest absolute Gasteiger partial charge is 0.141 e. The molecule has 6 aromatic rings. The van der Waals surface area contributed by atoms with Crippen LogP contribution in [0.1, 0.15) is 86.1 Å². The Morgan fingerprint density at radius 2 is 1.09 bits per heavy atom. The standard InChI is InChI=1S/2C17H17N5S/c2*18-7-5-12(11-3-1-2-4-11)17-20-9-14(23-17)15-13-6-8-19-16(13)22-10-21-15/h2*6,8-12H,1-5H2,(H,19,21,22)/t12-;/m1./s1. The molecule has 6 aromatic heterocycles. The van der Waals surface area contributed by atoms with E-state index in [2.05, 4.69) is 52.0 Å². The summed E-state index contributed by atoms with van der Waals surface area (Å²) in [6.07, 6.45) is 21.8. The molecule has 2 aliphatic carbocycles. The molecule has 2 saturated carbocycles. The summed E-state index contributed by atoms with van der Waals surface area (Å²) in [6.45, 7) is 0. The number of H-pyrrole nitrogens is 2. The van der Waals surface area contributed by atoms with Crippen LogP contribution in [0.15, 0.2) is 49.6 Å². The largest absolute Gasteiger partial charge is 0.346 e. The first kappa shape index (κ1) is 30.2. The summed E-state index contributed by atoms with van der Waals surface area (Å²) in [5, 5.41) is 22.6. The molecule has 0 radical (unpaired) electrons. The fourth-order valence-electron chi connectivity index (χ4n) is 7.10. The van der Waals surface area contributed by atoms with Crippen molar-refractivity contribution in [2.24, 2.45) is 11.8 Å². The Morgan fingerprint density at radius 3 is 1.50 bits per heavy atom. The first-order chi connectivity index (χ1) is 22.7. The Balaban J connectivity index is 0.000000147. The van der Waals surface area contributed by atoms with Crippen LogP contribution in [-0.4, -0.2) is 39.9 Å². The molecule has 0 aliphatic heterocycles. The quantitative estimate of drug-likeness (QED) is 0.167. The zero-order valence-corrected chi connectivity index (χ0v) is 27.0. The van der Waals surface area contributed by atoms with E-state index < -0.39 is 0 Å². The highest BCUT2D eigenvalue weighted by Gasteiger charge is 2.30. The van der Waals surface area contributed by atoms with E-state index in [9.17, 15) is 10.5 Å². The topological polar surface area (TPSA) is 156 Å². The number of nitriles is 2. The molecule has 0 saturated heterocycles. The molecule has 0 aromatic carbocycles. The minimum absolute atomic E-state index is 0.268. The SMILES string of the molecule is N#CCC(c1ncc(-c2ncnc3[nH]ccc23)s1)C1CCCC1.N#CC[C@@H](c1ncc(-c2ncnc3[nH]ccc23)s1)C1CCCC1. The van der Waals surface area contributed by atoms with Crippen molar-refractivity contribution in [3.63, 3.8) is 0 Å². The lowest BCUT2D eigenvalue weighted by Gasteiger charge is -2.18. The maximum atomic E-state index is 9.20. The average molecular weight is 647 g/mol. The zero-order valence-electron chi connectivity index (χ0n) is 25.4. The van der Waals surface area contributed by atoms with E-state index in [-0.39, 0.29) is 11.8 Å². The zero-order chi connectivity index (χ0) is 31.3. The maximum absolute atomic E-state index is 9.20. The van der Waals surface area contributed by atoms with E-state index in [1.165, 1.54) is 51.4 Å². The third kappa shape index (κ3) is 6.15. The molecular formula is C34H34N10S2. The molecule has 12 heteroatoms. The molecule has 10 nitrogen and oxygen atoms in total. The summed E-state index contributed by atoms with van der Waals surface area (Å²) in [6, 6.07) is 8.70. The predicted octanol–water partition coefficient (Wildman–Crippen LogP) is 8.54. The highest BCUT2D eigenvalue weighted by molar-refractivity contribution is 7.15. The van der Waals surface area contributed by atoms with Gasteiger partial charge in [0.15, 0.2) is 0 Å². The number of hydrogen-bond donors (Lipinski definition) is 2. The summed E-state index contributed by atoms with van der Waals surface area (Å²) in [5.41, 5.74) is 3.52. The van der Waals surface area contributed by atoms with E-state index in [0.29, 0.717) is 24.7 Å². The fourth-order valence-corrected chi connectivity index (χ4v) is 9.35. The van der Waals surface area contributed by atoms with Gasteiger partial charge in [0.25, 0.3) is 0 Å². The second-order valence-corrected chi connectivity index (χ2v) is 14.2. The molecule has 0 bridgehead atoms. The van der Waals surface area contributed by atoms with Crippen LogP contribution in [0.5, 0.6) is 0 Å². The highest BCUT2D eigenvalue weighted by Crippen LogP contribution is 2.43. The van der Waals surface area contributed by atoms with Crippen LogP contribution in [0.4, 0.5) is 0 Å². The van der Waals surface area contributed by atoms with Gasteiger partial charge in [0, 0.05) is 60.2 Å². The molecule has 6 heterocycles. The van der Waals surface area contributed by atoms with Crippen LogP contribution >= 0.6 is 22.7 Å². The van der Waals surface area contributed by atoms with Crippen LogP contribution in [-0.2, 0) is 0 Å². The Hall–Kier alpha value is -4.52. The summed E-state index contributed by atoms with van der Waals surface area (Å²) in [7, 11) is 0. The molecule has 8 rings (SSSR count). The van der Waals surface area contributed by atoms with Gasteiger partial charge >= 0.3 is 0 Å². The minimum Gasteiger partial charge on any atom is -0.346 e. The number of thiazole rings is 2. The molecule has 2 N–H and O–H groups in total. The van der Waals surface area contributed by atoms with E-state index in [4.69, 9.17) is 0 Å². The van der Waals surface area contributed by atoms with Crippen molar-refractivity contribution in [3.8, 4) is 33.3 Å². The molecular weight excluding hydrogens is 613 g/mol. The van der Waals surface area contributed by atoms with Crippen LogP contribution in [0.2, 0.25) is 0 Å². The van der Waals surface area contributed by atoms with Crippen LogP contribution in [0.25, 0.3) is 43.2 Å². The lowest BCUT2D eigenvalue weighted by atomic mass is 9.89. The normalized spacial score (nSPS) is 16.7. The Kier molecular flexibility index (Phi) is 9.08. The maximum Gasteiger partial charge on any atom is 0.141 e. The van der Waals surface area contributed by atoms with Crippen molar-refractivity contribution in [1.29, 1.82) is 10.5 Å². The molecule has 2 aliphatic rings. The van der Waals surface area contributed by atoms with Crippen molar-refractivity contribution < 1.29 is 0 Å². The summed E-state index contributed by atoms with van der Waals surface area (Å²) < 4.78 is 0. The third-order valence-electron chi connectivity index (χ3n) is 9.42. The Morgan fingerprint density at radius 1 is 0.652 bits per heavy atom. The molecule has 0 spiro atoms. The Bertz CT molecular complexity index is 1850. The van der Waals surface area contributed by atoms with Crippen molar-refractivity contribution in [2.75, 3.05) is 0 Å². The number of aromatic nitrogens is 8. The highest BCUT2D eigenvalue weighted by atomic mass is 32.1. The van der Waals surface area contributed by atoms with Gasteiger partial charge < -0.3 is 9.97 Å². The van der Waals surface area contributed by atoms with E-state index >= 15 is 0 Å². The first-order valence-corrected chi connectivity index (χ1v) is 17.6. The lowest BCUT2D eigenvalue weighted by Crippen LogP contribution is -2.08. The van der Waals surface area contributed by atoms with Crippen molar-refractivity contribution in [1.82, 2.24) is 39.9 Å².